The van der Waals surface area contributed by atoms with Crippen molar-refractivity contribution in [2.75, 3.05) is 6.61 Å². The van der Waals surface area contributed by atoms with Crippen LogP contribution in [0.15, 0.2) is 36.4 Å². The van der Waals surface area contributed by atoms with E-state index in [-0.39, 0.29) is 48.9 Å². The summed E-state index contributed by atoms with van der Waals surface area (Å²) in [5.74, 6) is -10.4. The highest BCUT2D eigenvalue weighted by molar-refractivity contribution is 6.31. The van der Waals surface area contributed by atoms with Crippen molar-refractivity contribution in [1.82, 2.24) is 0 Å². The number of ketones is 4. The van der Waals surface area contributed by atoms with Crippen LogP contribution in [0.5, 0.6) is 5.75 Å². The Morgan fingerprint density at radius 3 is 2.36 bits per heavy atom. The van der Waals surface area contributed by atoms with Gasteiger partial charge in [-0.2, -0.15) is 0 Å². The van der Waals surface area contributed by atoms with Crippen LogP contribution in [-0.2, 0) is 41.6 Å². The van der Waals surface area contributed by atoms with Gasteiger partial charge in [-0.1, -0.05) is 44.2 Å². The number of aromatic hydroxyl groups is 1. The molecule has 10 nitrogen and oxygen atoms in total. The molecule has 42 heavy (non-hydrogen) atoms. The average molecular weight is 576 g/mol. The zero-order valence-corrected chi connectivity index (χ0v) is 23.4. The number of aliphatic hydroxyl groups is 1. The minimum absolute atomic E-state index is 0.0298. The first-order chi connectivity index (χ1) is 19.8. The molecular weight excluding hydrogens is 542 g/mol. The fourth-order valence-electron chi connectivity index (χ4n) is 6.67. The lowest BCUT2D eigenvalue weighted by Gasteiger charge is -2.48. The van der Waals surface area contributed by atoms with Crippen LogP contribution in [0.4, 0.5) is 0 Å². The number of primary amides is 1. The Labute approximate surface area is 242 Å². The molecule has 2 saturated carbocycles. The van der Waals surface area contributed by atoms with Gasteiger partial charge < -0.3 is 20.7 Å². The molecule has 220 valence electrons. The molecule has 1 amide bonds. The number of phenolic OH excluding ortho intramolecular Hbond substituents is 1. The fourth-order valence-corrected chi connectivity index (χ4v) is 6.67. The Morgan fingerprint density at radius 1 is 1.02 bits per heavy atom. The molecule has 5 rings (SSSR count). The molecule has 0 spiro atoms. The summed E-state index contributed by atoms with van der Waals surface area (Å²) in [4.78, 5) is 76.8. The Balaban J connectivity index is 1.43. The molecule has 3 aliphatic rings. The van der Waals surface area contributed by atoms with Gasteiger partial charge in [-0.3, -0.25) is 28.8 Å². The number of Topliss-reactive ketones (excluding diaryl/α,β-unsaturated/α-hetero) is 4. The number of nitrogens with two attached hydrogens (primary N) is 1. The van der Waals surface area contributed by atoms with E-state index < -0.39 is 58.3 Å². The zero-order valence-electron chi connectivity index (χ0n) is 23.4. The predicted octanol–water partition coefficient (Wildman–Crippen LogP) is 2.13. The molecule has 5 atom stereocenters. The first kappa shape index (κ1) is 29.3. The number of fused-ring (bicyclic) bond motifs is 3. The smallest absolute Gasteiger partial charge is 0.306 e. The maximum Gasteiger partial charge on any atom is 0.306 e. The van der Waals surface area contributed by atoms with Crippen molar-refractivity contribution < 1.29 is 43.7 Å². The van der Waals surface area contributed by atoms with Gasteiger partial charge in [0, 0.05) is 18.8 Å². The van der Waals surface area contributed by atoms with Gasteiger partial charge in [-0.15, -0.1) is 0 Å². The number of amides is 1. The minimum atomic E-state index is -2.67. The Morgan fingerprint density at radius 2 is 1.71 bits per heavy atom. The van der Waals surface area contributed by atoms with E-state index in [4.69, 9.17) is 10.5 Å². The van der Waals surface area contributed by atoms with Gasteiger partial charge in [0.05, 0.1) is 18.1 Å². The number of carbonyl (C=O) groups excluding carboxylic acids is 6. The Bertz CT molecular complexity index is 1510. The number of aryl methyl sites for hydroxylation is 1. The standard InChI is InChI=1S/C32H33NO9/c1-15(2)14-42-24(36)10-5-16-3-6-17(7-4-16)20-8-9-22(34)26-21(20)12-18-11-19-13-23(35)27(31(33)40)30(39)32(19,41)29(38)25(18)28(26)37/h3-4,6-9,15,18-19,25,27,34,41H,5,10-14H2,1-2H3,(H2,33,40)/t18-,19+,25?,27?,32+/m1/s1. The van der Waals surface area contributed by atoms with E-state index in [1.54, 1.807) is 6.07 Å². The number of benzene rings is 2. The van der Waals surface area contributed by atoms with Gasteiger partial charge in [-0.25, -0.2) is 0 Å². The molecule has 10 heteroatoms. The Kier molecular flexibility index (Phi) is 7.61. The van der Waals surface area contributed by atoms with E-state index in [1.165, 1.54) is 6.07 Å². The fraction of sp³-hybridized carbons (Fsp3) is 0.438. The van der Waals surface area contributed by atoms with E-state index in [0.29, 0.717) is 24.2 Å². The molecule has 0 aromatic heterocycles. The lowest BCUT2D eigenvalue weighted by atomic mass is 9.53. The number of rotatable bonds is 7. The van der Waals surface area contributed by atoms with Crippen molar-refractivity contribution in [2.24, 2.45) is 35.3 Å². The van der Waals surface area contributed by atoms with Gasteiger partial charge in [0.2, 0.25) is 5.91 Å². The van der Waals surface area contributed by atoms with Crippen LogP contribution in [0, 0.1) is 29.6 Å². The molecule has 0 bridgehead atoms. The molecule has 0 aliphatic heterocycles. The summed E-state index contributed by atoms with van der Waals surface area (Å²) < 4.78 is 5.23. The van der Waals surface area contributed by atoms with Crippen molar-refractivity contribution in [3.8, 4) is 16.9 Å². The molecule has 4 N–H and O–H groups in total. The van der Waals surface area contributed by atoms with Gasteiger partial charge in [0.25, 0.3) is 0 Å². The topological polar surface area (TPSA) is 178 Å². The summed E-state index contributed by atoms with van der Waals surface area (Å²) in [6.07, 6.45) is 0.574. The minimum Gasteiger partial charge on any atom is -0.507 e. The van der Waals surface area contributed by atoms with Gasteiger partial charge >= 0.3 is 5.97 Å². The van der Waals surface area contributed by atoms with Crippen LogP contribution in [-0.4, -0.2) is 57.4 Å². The molecule has 2 unspecified atom stereocenters. The van der Waals surface area contributed by atoms with Gasteiger partial charge in [-0.05, 0) is 59.4 Å². The van der Waals surface area contributed by atoms with Gasteiger partial charge in [0.1, 0.15) is 5.75 Å². The largest absolute Gasteiger partial charge is 0.507 e. The molecule has 0 radical (unpaired) electrons. The number of esters is 1. The van der Waals surface area contributed by atoms with Crippen molar-refractivity contribution in [3.63, 3.8) is 0 Å². The highest BCUT2D eigenvalue weighted by Gasteiger charge is 2.66. The van der Waals surface area contributed by atoms with Crippen molar-refractivity contribution in [3.05, 3.63) is 53.1 Å². The van der Waals surface area contributed by atoms with Crippen LogP contribution in [0.3, 0.4) is 0 Å². The predicted molar refractivity (Wildman–Crippen MR) is 148 cm³/mol. The summed E-state index contributed by atoms with van der Waals surface area (Å²) >= 11 is 0. The molecule has 2 aromatic rings. The summed E-state index contributed by atoms with van der Waals surface area (Å²) in [7, 11) is 0. The lowest BCUT2D eigenvalue weighted by molar-refractivity contribution is -0.175. The highest BCUT2D eigenvalue weighted by Crippen LogP contribution is 2.51. The van der Waals surface area contributed by atoms with Crippen LogP contribution in [0.25, 0.3) is 11.1 Å². The van der Waals surface area contributed by atoms with Crippen LogP contribution in [0.2, 0.25) is 0 Å². The summed E-state index contributed by atoms with van der Waals surface area (Å²) in [6, 6.07) is 10.5. The van der Waals surface area contributed by atoms with Crippen LogP contribution < -0.4 is 5.73 Å². The van der Waals surface area contributed by atoms with E-state index in [9.17, 15) is 39.0 Å². The molecule has 3 aliphatic carbocycles. The number of phenols is 1. The molecule has 2 fully saturated rings. The molecule has 0 heterocycles. The average Bonchev–Trinajstić information content (AvgIpc) is 2.93. The van der Waals surface area contributed by atoms with Gasteiger partial charge in [0.15, 0.2) is 34.7 Å². The van der Waals surface area contributed by atoms with E-state index in [1.807, 2.05) is 38.1 Å². The Hall–Kier alpha value is -4.18. The monoisotopic (exact) mass is 575 g/mol. The molecular formula is C32H33NO9. The third-order valence-electron chi connectivity index (χ3n) is 8.75. The zero-order chi connectivity index (χ0) is 30.5. The quantitative estimate of drug-likeness (QED) is 0.329. The van der Waals surface area contributed by atoms with Crippen molar-refractivity contribution in [2.45, 2.75) is 51.6 Å². The normalized spacial score (nSPS) is 26.9. The van der Waals surface area contributed by atoms with E-state index in [0.717, 1.165) is 11.1 Å². The number of hydrogen-bond acceptors (Lipinski definition) is 9. The third kappa shape index (κ3) is 4.83. The van der Waals surface area contributed by atoms with Crippen molar-refractivity contribution in [1.29, 1.82) is 0 Å². The highest BCUT2D eigenvalue weighted by atomic mass is 16.5. The van der Waals surface area contributed by atoms with E-state index >= 15 is 0 Å². The molecule has 2 aromatic carbocycles. The van der Waals surface area contributed by atoms with Crippen LogP contribution in [0.1, 0.15) is 54.6 Å². The second kappa shape index (κ2) is 10.9. The lowest BCUT2D eigenvalue weighted by Crippen LogP contribution is -2.68. The van der Waals surface area contributed by atoms with E-state index in [2.05, 4.69) is 0 Å². The summed E-state index contributed by atoms with van der Waals surface area (Å²) in [5, 5.41) is 22.0. The third-order valence-corrected chi connectivity index (χ3v) is 8.75. The van der Waals surface area contributed by atoms with Crippen LogP contribution >= 0.6 is 0 Å². The second-order valence-corrected chi connectivity index (χ2v) is 12.0. The number of hydrogen-bond donors (Lipinski definition) is 3. The maximum absolute atomic E-state index is 13.8. The first-order valence-corrected chi connectivity index (χ1v) is 14.1. The molecule has 0 saturated heterocycles. The first-order valence-electron chi connectivity index (χ1n) is 14.1. The SMILES string of the molecule is CC(C)COC(=O)CCc1ccc(-c2ccc(O)c3c2C[C@H]2C[C@H]4CC(=O)C(C(N)=O)C(=O)[C@@]4(O)C(=O)C2C3=O)cc1. The number of carbonyl (C=O) groups is 6. The summed E-state index contributed by atoms with van der Waals surface area (Å²) in [6.45, 7) is 4.30. The number of ether oxygens (including phenoxy) is 1. The summed E-state index contributed by atoms with van der Waals surface area (Å²) in [5.41, 5.74) is 5.39. The van der Waals surface area contributed by atoms with Crippen molar-refractivity contribution >= 4 is 35.0 Å². The second-order valence-electron chi connectivity index (χ2n) is 12.0. The maximum atomic E-state index is 13.8.